The quantitative estimate of drug-likeness (QED) is 0.479. The minimum atomic E-state index is -3.65. The van der Waals surface area contributed by atoms with Crippen molar-refractivity contribution in [3.8, 4) is 11.3 Å². The molecule has 0 saturated carbocycles. The van der Waals surface area contributed by atoms with Crippen LogP contribution in [0.1, 0.15) is 40.8 Å². The van der Waals surface area contributed by atoms with Crippen LogP contribution in [0.5, 0.6) is 0 Å². The van der Waals surface area contributed by atoms with Gasteiger partial charge in [0.15, 0.2) is 5.13 Å². The molecule has 0 fully saturated rings. The van der Waals surface area contributed by atoms with Gasteiger partial charge < -0.3 is 4.74 Å². The summed E-state index contributed by atoms with van der Waals surface area (Å²) in [6, 6.07) is 14.4. The summed E-state index contributed by atoms with van der Waals surface area (Å²) in [7, 11) is -3.65. The van der Waals surface area contributed by atoms with Crippen LogP contribution in [0.15, 0.2) is 59.5 Å². The second-order valence-corrected chi connectivity index (χ2v) is 9.75. The number of hydrogen-bond acceptors (Lipinski definition) is 7. The first kappa shape index (κ1) is 23.6. The third-order valence-corrected chi connectivity index (χ3v) is 6.80. The summed E-state index contributed by atoms with van der Waals surface area (Å²) in [5.74, 6) is -0.994. The predicted molar refractivity (Wildman–Crippen MR) is 123 cm³/mol. The number of thiazole rings is 1. The standard InChI is InChI=1S/C22H23N3O5S2/c1-4-30-21(27)19-18(15-8-6-5-7-9-15)23-22(31-19)24-20(26)16-10-12-17(13-11-16)32(28,29)25-14(2)3/h5-14,25H,4H2,1-3H3,(H,23,24,26). The van der Waals surface area contributed by atoms with E-state index in [2.05, 4.69) is 15.0 Å². The number of aromatic nitrogens is 1. The van der Waals surface area contributed by atoms with Gasteiger partial charge in [0.2, 0.25) is 10.0 Å². The van der Waals surface area contributed by atoms with Gasteiger partial charge in [0.1, 0.15) is 4.88 Å². The third-order valence-electron chi connectivity index (χ3n) is 4.17. The van der Waals surface area contributed by atoms with Crippen LogP contribution < -0.4 is 10.0 Å². The first-order chi connectivity index (χ1) is 15.2. The zero-order chi connectivity index (χ0) is 23.3. The molecular formula is C22H23N3O5S2. The van der Waals surface area contributed by atoms with E-state index in [4.69, 9.17) is 4.74 Å². The van der Waals surface area contributed by atoms with Gasteiger partial charge in [0.25, 0.3) is 5.91 Å². The Labute approximate surface area is 190 Å². The maximum atomic E-state index is 12.7. The van der Waals surface area contributed by atoms with Crippen LogP contribution in [-0.2, 0) is 14.8 Å². The number of hydrogen-bond donors (Lipinski definition) is 2. The van der Waals surface area contributed by atoms with E-state index in [-0.39, 0.29) is 33.1 Å². The molecule has 2 N–H and O–H groups in total. The number of amides is 1. The number of nitrogens with one attached hydrogen (secondary N) is 2. The highest BCUT2D eigenvalue weighted by Gasteiger charge is 2.22. The highest BCUT2D eigenvalue weighted by atomic mass is 32.2. The molecule has 0 aliphatic heterocycles. The number of benzene rings is 2. The van der Waals surface area contributed by atoms with Crippen molar-refractivity contribution in [3.63, 3.8) is 0 Å². The fourth-order valence-electron chi connectivity index (χ4n) is 2.83. The molecule has 0 unspecified atom stereocenters. The molecule has 1 aromatic heterocycles. The second kappa shape index (κ2) is 10.0. The molecule has 32 heavy (non-hydrogen) atoms. The van der Waals surface area contributed by atoms with Crippen LogP contribution >= 0.6 is 11.3 Å². The lowest BCUT2D eigenvalue weighted by Gasteiger charge is -2.10. The number of rotatable bonds is 8. The van der Waals surface area contributed by atoms with Crippen molar-refractivity contribution in [2.24, 2.45) is 0 Å². The number of ether oxygens (including phenoxy) is 1. The van der Waals surface area contributed by atoms with Gasteiger partial charge in [-0.1, -0.05) is 41.7 Å². The first-order valence-corrected chi connectivity index (χ1v) is 12.2. The molecule has 0 aliphatic carbocycles. The largest absolute Gasteiger partial charge is 0.462 e. The van der Waals surface area contributed by atoms with Gasteiger partial charge in [-0.3, -0.25) is 10.1 Å². The molecule has 0 saturated heterocycles. The molecule has 0 spiro atoms. The average Bonchev–Trinajstić information content (AvgIpc) is 3.17. The van der Waals surface area contributed by atoms with E-state index in [9.17, 15) is 18.0 Å². The van der Waals surface area contributed by atoms with Crippen molar-refractivity contribution in [3.05, 3.63) is 65.0 Å². The maximum absolute atomic E-state index is 12.7. The van der Waals surface area contributed by atoms with Gasteiger partial charge in [-0.15, -0.1) is 0 Å². The number of carbonyl (C=O) groups excluding carboxylic acids is 2. The van der Waals surface area contributed by atoms with Gasteiger partial charge >= 0.3 is 5.97 Å². The van der Waals surface area contributed by atoms with E-state index in [1.54, 1.807) is 20.8 Å². The van der Waals surface area contributed by atoms with E-state index < -0.39 is 21.9 Å². The molecule has 0 atom stereocenters. The summed E-state index contributed by atoms with van der Waals surface area (Å²) >= 11 is 1.02. The zero-order valence-corrected chi connectivity index (χ0v) is 19.4. The molecule has 0 aliphatic rings. The Bertz CT molecular complexity index is 1200. The van der Waals surface area contributed by atoms with Crippen LogP contribution in [-0.4, -0.2) is 37.9 Å². The van der Waals surface area contributed by atoms with Crippen LogP contribution in [0.3, 0.4) is 0 Å². The van der Waals surface area contributed by atoms with Gasteiger partial charge in [-0.05, 0) is 45.0 Å². The Morgan fingerprint density at radius 3 is 2.31 bits per heavy atom. The lowest BCUT2D eigenvalue weighted by Crippen LogP contribution is -2.30. The topological polar surface area (TPSA) is 114 Å². The molecule has 10 heteroatoms. The molecule has 8 nitrogen and oxygen atoms in total. The number of esters is 1. The van der Waals surface area contributed by atoms with E-state index >= 15 is 0 Å². The van der Waals surface area contributed by atoms with Crippen molar-refractivity contribution >= 4 is 38.4 Å². The Morgan fingerprint density at radius 1 is 1.06 bits per heavy atom. The highest BCUT2D eigenvalue weighted by Crippen LogP contribution is 2.32. The number of anilines is 1. The fraction of sp³-hybridized carbons (Fsp3) is 0.227. The van der Waals surface area contributed by atoms with Crippen molar-refractivity contribution in [1.29, 1.82) is 0 Å². The van der Waals surface area contributed by atoms with Crippen LogP contribution in [0, 0.1) is 0 Å². The summed E-state index contributed by atoms with van der Waals surface area (Å²) in [4.78, 5) is 29.8. The second-order valence-electron chi connectivity index (χ2n) is 7.04. The molecule has 168 valence electrons. The number of carbonyl (C=O) groups is 2. The molecular weight excluding hydrogens is 450 g/mol. The molecule has 2 aromatic carbocycles. The molecule has 0 radical (unpaired) electrons. The molecule has 1 heterocycles. The Hall–Kier alpha value is -3.08. The smallest absolute Gasteiger partial charge is 0.350 e. The Kier molecular flexibility index (Phi) is 7.39. The SMILES string of the molecule is CCOC(=O)c1sc(NC(=O)c2ccc(S(=O)(=O)NC(C)C)cc2)nc1-c1ccccc1. The van der Waals surface area contributed by atoms with Gasteiger partial charge in [0, 0.05) is 17.2 Å². The summed E-state index contributed by atoms with van der Waals surface area (Å²) in [5, 5.41) is 2.90. The lowest BCUT2D eigenvalue weighted by molar-refractivity contribution is 0.0532. The number of nitrogens with zero attached hydrogens (tertiary/aromatic N) is 1. The van der Waals surface area contributed by atoms with Crippen molar-refractivity contribution < 1.29 is 22.7 Å². The summed E-state index contributed by atoms with van der Waals surface area (Å²) in [6.07, 6.45) is 0. The van der Waals surface area contributed by atoms with Crippen LogP contribution in [0.4, 0.5) is 5.13 Å². The van der Waals surface area contributed by atoms with E-state index in [1.165, 1.54) is 24.3 Å². The fourth-order valence-corrected chi connectivity index (χ4v) is 4.96. The van der Waals surface area contributed by atoms with E-state index in [0.717, 1.165) is 16.9 Å². The third kappa shape index (κ3) is 5.58. The molecule has 0 bridgehead atoms. The van der Waals surface area contributed by atoms with Crippen LogP contribution in [0.2, 0.25) is 0 Å². The summed E-state index contributed by atoms with van der Waals surface area (Å²) < 4.78 is 32.1. The summed E-state index contributed by atoms with van der Waals surface area (Å²) in [5.41, 5.74) is 1.40. The van der Waals surface area contributed by atoms with Crippen molar-refractivity contribution in [1.82, 2.24) is 9.71 Å². The lowest BCUT2D eigenvalue weighted by atomic mass is 10.1. The van der Waals surface area contributed by atoms with Gasteiger partial charge in [-0.25, -0.2) is 22.9 Å². The molecule has 3 aromatic rings. The van der Waals surface area contributed by atoms with Gasteiger partial charge in [0.05, 0.1) is 17.2 Å². The normalized spacial score (nSPS) is 11.4. The van der Waals surface area contributed by atoms with E-state index in [0.29, 0.717) is 5.69 Å². The molecule has 1 amide bonds. The minimum Gasteiger partial charge on any atom is -0.462 e. The summed E-state index contributed by atoms with van der Waals surface area (Å²) in [6.45, 7) is 5.38. The predicted octanol–water partition coefficient (Wildman–Crippen LogP) is 3.93. The first-order valence-electron chi connectivity index (χ1n) is 9.88. The monoisotopic (exact) mass is 473 g/mol. The van der Waals surface area contributed by atoms with Crippen molar-refractivity contribution in [2.75, 3.05) is 11.9 Å². The Balaban J connectivity index is 1.84. The van der Waals surface area contributed by atoms with Crippen LogP contribution in [0.25, 0.3) is 11.3 Å². The average molecular weight is 474 g/mol. The minimum absolute atomic E-state index is 0.0629. The van der Waals surface area contributed by atoms with Gasteiger partial charge in [-0.2, -0.15) is 0 Å². The highest BCUT2D eigenvalue weighted by molar-refractivity contribution is 7.89. The molecule has 3 rings (SSSR count). The maximum Gasteiger partial charge on any atom is 0.350 e. The van der Waals surface area contributed by atoms with Crippen molar-refractivity contribution in [2.45, 2.75) is 31.7 Å². The Morgan fingerprint density at radius 2 is 1.72 bits per heavy atom. The van der Waals surface area contributed by atoms with E-state index in [1.807, 2.05) is 30.3 Å². The zero-order valence-electron chi connectivity index (χ0n) is 17.8. The number of sulfonamides is 1.